The van der Waals surface area contributed by atoms with Crippen molar-refractivity contribution < 1.29 is 23.9 Å². The summed E-state index contributed by atoms with van der Waals surface area (Å²) in [5.41, 5.74) is 1.66. The van der Waals surface area contributed by atoms with Crippen LogP contribution in [0.1, 0.15) is 5.56 Å². The number of nitro groups is 1. The molecule has 19 heavy (non-hydrogen) atoms. The number of nitrogens with one attached hydrogen (secondary N) is 1. The van der Waals surface area contributed by atoms with E-state index in [0.717, 1.165) is 0 Å². The quantitative estimate of drug-likeness (QED) is 0.349. The first-order valence-electron chi connectivity index (χ1n) is 5.06. The lowest BCUT2D eigenvalue weighted by atomic mass is 10.1. The molecule has 0 aliphatic carbocycles. The van der Waals surface area contributed by atoms with E-state index in [-0.39, 0.29) is 23.6 Å². The van der Waals surface area contributed by atoms with E-state index in [1.165, 1.54) is 26.4 Å². The number of nitrogens with two attached hydrogens (primary N) is 1. The highest BCUT2D eigenvalue weighted by Crippen LogP contribution is 2.34. The van der Waals surface area contributed by atoms with Gasteiger partial charge in [0.25, 0.3) is 5.69 Å². The first kappa shape index (κ1) is 14.5. The number of carbonyl (C=O) groups is 1. The molecule has 0 radical (unpaired) electrons. The van der Waals surface area contributed by atoms with E-state index in [0.29, 0.717) is 5.75 Å². The molecule has 1 amide bonds. The van der Waals surface area contributed by atoms with Gasteiger partial charge in [0.05, 0.1) is 30.8 Å². The Morgan fingerprint density at radius 3 is 2.42 bits per heavy atom. The van der Waals surface area contributed by atoms with Crippen LogP contribution in [0.3, 0.4) is 0 Å². The molecule has 0 spiro atoms. The highest BCUT2D eigenvalue weighted by molar-refractivity contribution is 5.66. The van der Waals surface area contributed by atoms with Gasteiger partial charge in [0.2, 0.25) is 0 Å². The van der Waals surface area contributed by atoms with Gasteiger partial charge in [-0.15, -0.1) is 0 Å². The van der Waals surface area contributed by atoms with E-state index in [1.54, 1.807) is 5.43 Å². The molecule has 0 heterocycles. The number of benzene rings is 1. The number of methoxy groups -OCH3 is 2. The van der Waals surface area contributed by atoms with Crippen LogP contribution in [0.25, 0.3) is 0 Å². The molecule has 9 nitrogen and oxygen atoms in total. The smallest absolute Gasteiger partial charge is 0.421 e. The number of nitrogens with zero attached hydrogens (tertiary/aromatic N) is 1. The van der Waals surface area contributed by atoms with Gasteiger partial charge in [-0.2, -0.15) is 0 Å². The summed E-state index contributed by atoms with van der Waals surface area (Å²) in [6.07, 6.45) is -0.899. The van der Waals surface area contributed by atoms with Crippen molar-refractivity contribution in [2.75, 3.05) is 14.2 Å². The number of amides is 1. The SMILES string of the molecule is COc1cc(COC(=O)NN)c([N+](=O)[O-])cc1OC. The average molecular weight is 271 g/mol. The van der Waals surface area contributed by atoms with Crippen molar-refractivity contribution in [3.63, 3.8) is 0 Å². The average Bonchev–Trinajstić information content (AvgIpc) is 2.43. The molecular weight excluding hydrogens is 258 g/mol. The Labute approximate surface area is 108 Å². The minimum absolute atomic E-state index is 0.159. The lowest BCUT2D eigenvalue weighted by molar-refractivity contribution is -0.385. The Bertz CT molecular complexity index is 490. The predicted octanol–water partition coefficient (Wildman–Crippen LogP) is 0.712. The number of hydrogen-bond acceptors (Lipinski definition) is 7. The molecule has 3 N–H and O–H groups in total. The van der Waals surface area contributed by atoms with Gasteiger partial charge in [-0.05, 0) is 6.07 Å². The Balaban J connectivity index is 3.12. The summed E-state index contributed by atoms with van der Waals surface area (Å²) in [5, 5.41) is 10.9. The van der Waals surface area contributed by atoms with Crippen LogP contribution in [0, 0.1) is 10.1 Å². The van der Waals surface area contributed by atoms with E-state index in [9.17, 15) is 14.9 Å². The summed E-state index contributed by atoms with van der Waals surface area (Å²) in [4.78, 5) is 21.2. The number of hydrogen-bond donors (Lipinski definition) is 2. The van der Waals surface area contributed by atoms with Gasteiger partial charge in [-0.25, -0.2) is 10.6 Å². The standard InChI is InChI=1S/C10H13N3O6/c1-17-8-3-6(5-19-10(14)12-11)7(13(15)16)4-9(8)18-2/h3-4H,5,11H2,1-2H3,(H,12,14). The zero-order valence-corrected chi connectivity index (χ0v) is 10.3. The minimum Gasteiger partial charge on any atom is -0.493 e. The lowest BCUT2D eigenvalue weighted by Crippen LogP contribution is -2.30. The first-order chi connectivity index (χ1) is 9.03. The van der Waals surface area contributed by atoms with Crippen LogP contribution in [-0.2, 0) is 11.3 Å². The van der Waals surface area contributed by atoms with Crippen molar-refractivity contribution in [3.8, 4) is 11.5 Å². The fourth-order valence-corrected chi connectivity index (χ4v) is 1.38. The number of rotatable bonds is 5. The Morgan fingerprint density at radius 1 is 1.37 bits per heavy atom. The summed E-state index contributed by atoms with van der Waals surface area (Å²) < 4.78 is 14.6. The van der Waals surface area contributed by atoms with E-state index in [4.69, 9.17) is 15.3 Å². The Hall–Kier alpha value is -2.55. The van der Waals surface area contributed by atoms with Crippen molar-refractivity contribution >= 4 is 11.8 Å². The minimum atomic E-state index is -0.899. The van der Waals surface area contributed by atoms with Crippen LogP contribution in [0.15, 0.2) is 12.1 Å². The maximum atomic E-state index is 10.9. The van der Waals surface area contributed by atoms with E-state index >= 15 is 0 Å². The fourth-order valence-electron chi connectivity index (χ4n) is 1.38. The van der Waals surface area contributed by atoms with Crippen molar-refractivity contribution in [2.24, 2.45) is 5.84 Å². The molecular formula is C10H13N3O6. The van der Waals surface area contributed by atoms with Crippen LogP contribution >= 0.6 is 0 Å². The second-order valence-electron chi connectivity index (χ2n) is 3.31. The van der Waals surface area contributed by atoms with Gasteiger partial charge in [0.15, 0.2) is 11.5 Å². The van der Waals surface area contributed by atoms with Crippen LogP contribution in [0.5, 0.6) is 11.5 Å². The highest BCUT2D eigenvalue weighted by Gasteiger charge is 2.20. The summed E-state index contributed by atoms with van der Waals surface area (Å²) in [7, 11) is 2.75. The maximum absolute atomic E-state index is 10.9. The Kier molecular flexibility index (Phi) is 4.89. The van der Waals surface area contributed by atoms with Crippen molar-refractivity contribution in [3.05, 3.63) is 27.8 Å². The van der Waals surface area contributed by atoms with E-state index in [2.05, 4.69) is 4.74 Å². The third kappa shape index (κ3) is 3.45. The number of hydrazine groups is 1. The van der Waals surface area contributed by atoms with Crippen LogP contribution in [0.4, 0.5) is 10.5 Å². The zero-order chi connectivity index (χ0) is 14.4. The van der Waals surface area contributed by atoms with Gasteiger partial charge >= 0.3 is 6.09 Å². The van der Waals surface area contributed by atoms with Crippen LogP contribution < -0.4 is 20.7 Å². The normalized spacial score (nSPS) is 9.63. The number of ether oxygens (including phenoxy) is 3. The second-order valence-corrected chi connectivity index (χ2v) is 3.31. The third-order valence-electron chi connectivity index (χ3n) is 2.26. The summed E-state index contributed by atoms with van der Waals surface area (Å²) in [5.74, 6) is 5.33. The lowest BCUT2D eigenvalue weighted by Gasteiger charge is -2.10. The molecule has 1 aromatic rings. The summed E-state index contributed by atoms with van der Waals surface area (Å²) >= 11 is 0. The fraction of sp³-hybridized carbons (Fsp3) is 0.300. The molecule has 0 saturated carbocycles. The van der Waals surface area contributed by atoms with Gasteiger partial charge in [-0.3, -0.25) is 15.5 Å². The molecule has 0 aromatic heterocycles. The van der Waals surface area contributed by atoms with Crippen LogP contribution in [-0.4, -0.2) is 25.2 Å². The summed E-state index contributed by atoms with van der Waals surface area (Å²) in [6, 6.07) is 2.55. The molecule has 104 valence electrons. The van der Waals surface area contributed by atoms with Crippen LogP contribution in [0.2, 0.25) is 0 Å². The van der Waals surface area contributed by atoms with Crippen molar-refractivity contribution in [2.45, 2.75) is 6.61 Å². The summed E-state index contributed by atoms with van der Waals surface area (Å²) in [6.45, 7) is -0.320. The van der Waals surface area contributed by atoms with Crippen molar-refractivity contribution in [1.82, 2.24) is 5.43 Å². The van der Waals surface area contributed by atoms with E-state index < -0.39 is 11.0 Å². The molecule has 0 saturated heterocycles. The molecule has 0 aliphatic rings. The van der Waals surface area contributed by atoms with Gasteiger partial charge in [0.1, 0.15) is 6.61 Å². The van der Waals surface area contributed by atoms with E-state index in [1.807, 2.05) is 0 Å². The molecule has 0 atom stereocenters. The number of nitro benzene ring substituents is 1. The molecule has 1 rings (SSSR count). The molecule has 9 heteroatoms. The predicted molar refractivity (Wildman–Crippen MR) is 63.7 cm³/mol. The largest absolute Gasteiger partial charge is 0.493 e. The Morgan fingerprint density at radius 2 is 1.95 bits per heavy atom. The molecule has 0 aliphatic heterocycles. The number of carbonyl (C=O) groups excluding carboxylic acids is 1. The second kappa shape index (κ2) is 6.40. The van der Waals surface area contributed by atoms with Gasteiger partial charge < -0.3 is 14.2 Å². The zero-order valence-electron chi connectivity index (χ0n) is 10.3. The molecule has 0 bridgehead atoms. The molecule has 1 aromatic carbocycles. The first-order valence-corrected chi connectivity index (χ1v) is 5.06. The topological polar surface area (TPSA) is 126 Å². The van der Waals surface area contributed by atoms with Gasteiger partial charge in [-0.1, -0.05) is 0 Å². The molecule has 0 fully saturated rings. The monoisotopic (exact) mass is 271 g/mol. The molecule has 0 unspecified atom stereocenters. The maximum Gasteiger partial charge on any atom is 0.421 e. The van der Waals surface area contributed by atoms with Crippen molar-refractivity contribution in [1.29, 1.82) is 0 Å². The van der Waals surface area contributed by atoms with Gasteiger partial charge in [0, 0.05) is 0 Å². The highest BCUT2D eigenvalue weighted by atomic mass is 16.6. The third-order valence-corrected chi connectivity index (χ3v) is 2.26.